The number of aryl methyl sites for hydroxylation is 1. The van der Waals surface area contributed by atoms with Gasteiger partial charge in [0.05, 0.1) is 33.8 Å². The van der Waals surface area contributed by atoms with Crippen molar-refractivity contribution >= 4 is 21.9 Å². The summed E-state index contributed by atoms with van der Waals surface area (Å²) in [5, 5.41) is 19.8. The van der Waals surface area contributed by atoms with E-state index in [0.29, 0.717) is 51.6 Å². The number of alkyl halides is 2. The average Bonchev–Trinajstić information content (AvgIpc) is 3.73. The molecule has 0 radical (unpaired) electrons. The topological polar surface area (TPSA) is 94.3 Å². The summed E-state index contributed by atoms with van der Waals surface area (Å²) < 4.78 is 32.2. The van der Waals surface area contributed by atoms with Crippen LogP contribution in [0, 0.1) is 17.2 Å². The highest BCUT2D eigenvalue weighted by molar-refractivity contribution is 5.95. The van der Waals surface area contributed by atoms with E-state index in [1.54, 1.807) is 29.1 Å². The van der Waals surface area contributed by atoms with Gasteiger partial charge in [0.2, 0.25) is 0 Å². The van der Waals surface area contributed by atoms with Gasteiger partial charge in [0.1, 0.15) is 11.6 Å². The fourth-order valence-corrected chi connectivity index (χ4v) is 5.06. The minimum atomic E-state index is -2.73. The van der Waals surface area contributed by atoms with Gasteiger partial charge < -0.3 is 4.57 Å². The van der Waals surface area contributed by atoms with Crippen molar-refractivity contribution in [1.82, 2.24) is 29.1 Å². The van der Waals surface area contributed by atoms with Crippen LogP contribution in [-0.2, 0) is 13.6 Å². The van der Waals surface area contributed by atoms with Crippen molar-refractivity contribution in [2.45, 2.75) is 37.6 Å². The van der Waals surface area contributed by atoms with Gasteiger partial charge in [-0.2, -0.15) is 20.1 Å². The highest BCUT2D eigenvalue weighted by atomic mass is 19.3. The number of fused-ring (bicyclic) bond motifs is 2. The molecule has 2 aliphatic rings. The Morgan fingerprint density at radius 2 is 1.97 bits per heavy atom. The molecule has 37 heavy (non-hydrogen) atoms. The minimum Gasteiger partial charge on any atom is -0.344 e. The molecule has 2 aliphatic carbocycles. The third-order valence-corrected chi connectivity index (χ3v) is 7.27. The van der Waals surface area contributed by atoms with E-state index < -0.39 is 11.8 Å². The van der Waals surface area contributed by atoms with Crippen molar-refractivity contribution in [3.8, 4) is 22.9 Å². The van der Waals surface area contributed by atoms with Gasteiger partial charge in [-0.15, -0.1) is 0 Å². The standard InChI is InChI=1S/C27H21F2N7O/c1-34-13-17-8-19(5-7-21(17)32-34)36-26(37)23(16-4-6-22(31-11-16)20-9-27(20,28)29)25-24(33-36)18(10-30)14-35(25)12-15-2-3-15/h4-8,11,13-15,20H,2-3,9,12H2,1H3. The Kier molecular flexibility index (Phi) is 4.46. The molecule has 7 rings (SSSR count). The van der Waals surface area contributed by atoms with E-state index in [-0.39, 0.29) is 12.0 Å². The summed E-state index contributed by atoms with van der Waals surface area (Å²) in [6.07, 6.45) is 7.07. The smallest absolute Gasteiger partial charge is 0.281 e. The molecule has 2 fully saturated rings. The maximum Gasteiger partial charge on any atom is 0.281 e. The maximum absolute atomic E-state index is 14.0. The van der Waals surface area contributed by atoms with E-state index in [2.05, 4.69) is 21.3 Å². The van der Waals surface area contributed by atoms with Crippen molar-refractivity contribution in [3.05, 3.63) is 70.5 Å². The quantitative estimate of drug-likeness (QED) is 0.355. The lowest BCUT2D eigenvalue weighted by molar-refractivity contribution is 0.111. The van der Waals surface area contributed by atoms with Crippen LogP contribution in [0.4, 0.5) is 8.78 Å². The van der Waals surface area contributed by atoms with Gasteiger partial charge in [-0.05, 0) is 43.0 Å². The molecule has 0 aliphatic heterocycles. The van der Waals surface area contributed by atoms with Crippen LogP contribution < -0.4 is 5.56 Å². The van der Waals surface area contributed by atoms with Gasteiger partial charge in [-0.3, -0.25) is 14.5 Å². The zero-order chi connectivity index (χ0) is 25.5. The molecule has 184 valence electrons. The zero-order valence-corrected chi connectivity index (χ0v) is 19.9. The largest absolute Gasteiger partial charge is 0.344 e. The van der Waals surface area contributed by atoms with Crippen LogP contribution >= 0.6 is 0 Å². The molecule has 1 aromatic carbocycles. The van der Waals surface area contributed by atoms with Crippen LogP contribution in [0.15, 0.2) is 53.7 Å². The summed E-state index contributed by atoms with van der Waals surface area (Å²) in [7, 11) is 1.82. The van der Waals surface area contributed by atoms with E-state index in [1.165, 1.54) is 10.9 Å². The summed E-state index contributed by atoms with van der Waals surface area (Å²) in [4.78, 5) is 18.3. The van der Waals surface area contributed by atoms with Gasteiger partial charge in [0, 0.05) is 55.2 Å². The first-order valence-corrected chi connectivity index (χ1v) is 12.2. The molecule has 5 aromatic rings. The van der Waals surface area contributed by atoms with E-state index in [4.69, 9.17) is 0 Å². The monoisotopic (exact) mass is 497 g/mol. The van der Waals surface area contributed by atoms with Crippen molar-refractivity contribution in [2.24, 2.45) is 13.0 Å². The zero-order valence-electron chi connectivity index (χ0n) is 19.9. The van der Waals surface area contributed by atoms with Crippen molar-refractivity contribution < 1.29 is 8.78 Å². The second-order valence-corrected chi connectivity index (χ2v) is 10.1. The molecule has 8 nitrogen and oxygen atoms in total. The predicted octanol–water partition coefficient (Wildman–Crippen LogP) is 4.54. The number of pyridine rings is 1. The van der Waals surface area contributed by atoms with E-state index in [1.807, 2.05) is 29.9 Å². The molecule has 4 aromatic heterocycles. The second-order valence-electron chi connectivity index (χ2n) is 10.1. The Morgan fingerprint density at radius 1 is 1.16 bits per heavy atom. The molecule has 0 amide bonds. The Bertz CT molecular complexity index is 1820. The molecule has 10 heteroatoms. The first-order chi connectivity index (χ1) is 17.8. The fourth-order valence-electron chi connectivity index (χ4n) is 5.06. The Hall–Kier alpha value is -4.39. The van der Waals surface area contributed by atoms with Crippen molar-refractivity contribution in [1.29, 1.82) is 5.26 Å². The molecule has 1 atom stereocenters. The molecule has 1 unspecified atom stereocenters. The van der Waals surface area contributed by atoms with Crippen LogP contribution in [0.5, 0.6) is 0 Å². The lowest BCUT2D eigenvalue weighted by Gasteiger charge is -2.13. The third kappa shape index (κ3) is 3.53. The molecule has 4 heterocycles. The SMILES string of the molecule is Cn1cc2cc(-n3nc4c(C#N)cn(CC5CC5)c4c(-c4ccc(C5CC5(F)F)nc4)c3=O)ccc2n1. The second kappa shape index (κ2) is 7.56. The highest BCUT2D eigenvalue weighted by Gasteiger charge is 2.58. The van der Waals surface area contributed by atoms with Crippen LogP contribution in [-0.4, -0.2) is 35.0 Å². The highest BCUT2D eigenvalue weighted by Crippen LogP contribution is 2.55. The average molecular weight is 498 g/mol. The van der Waals surface area contributed by atoms with Gasteiger partial charge in [0.15, 0.2) is 0 Å². The van der Waals surface area contributed by atoms with Gasteiger partial charge in [0.25, 0.3) is 11.5 Å². The molecule has 0 spiro atoms. The summed E-state index contributed by atoms with van der Waals surface area (Å²) >= 11 is 0. The number of aromatic nitrogens is 6. The first-order valence-electron chi connectivity index (χ1n) is 12.2. The Balaban J connectivity index is 1.47. The number of nitriles is 1. The van der Waals surface area contributed by atoms with Gasteiger partial charge >= 0.3 is 0 Å². The normalized spacial score (nSPS) is 18.4. The fraction of sp³-hybridized carbons (Fsp3) is 0.296. The number of hydrogen-bond acceptors (Lipinski definition) is 5. The number of hydrogen-bond donors (Lipinski definition) is 0. The lowest BCUT2D eigenvalue weighted by atomic mass is 10.1. The van der Waals surface area contributed by atoms with Crippen LogP contribution in [0.2, 0.25) is 0 Å². The Labute approximate surface area is 209 Å². The molecular weight excluding hydrogens is 476 g/mol. The van der Waals surface area contributed by atoms with Crippen LogP contribution in [0.1, 0.15) is 36.4 Å². The number of nitrogens with zero attached hydrogens (tertiary/aromatic N) is 7. The van der Waals surface area contributed by atoms with E-state index in [9.17, 15) is 18.8 Å². The van der Waals surface area contributed by atoms with Crippen molar-refractivity contribution in [3.63, 3.8) is 0 Å². The number of rotatable bonds is 5. The number of halogens is 2. The summed E-state index contributed by atoms with van der Waals surface area (Å²) in [6.45, 7) is 0.678. The van der Waals surface area contributed by atoms with Crippen LogP contribution in [0.3, 0.4) is 0 Å². The first kappa shape index (κ1) is 21.9. The molecular formula is C27H21F2N7O. The summed E-state index contributed by atoms with van der Waals surface area (Å²) in [5.41, 5.74) is 3.46. The number of benzene rings is 1. The molecule has 0 N–H and O–H groups in total. The Morgan fingerprint density at radius 3 is 2.65 bits per heavy atom. The van der Waals surface area contributed by atoms with Crippen LogP contribution in [0.25, 0.3) is 38.8 Å². The predicted molar refractivity (Wildman–Crippen MR) is 133 cm³/mol. The summed E-state index contributed by atoms with van der Waals surface area (Å²) in [6, 6.07) is 10.9. The maximum atomic E-state index is 14.0. The van der Waals surface area contributed by atoms with E-state index >= 15 is 0 Å². The van der Waals surface area contributed by atoms with Crippen molar-refractivity contribution in [2.75, 3.05) is 0 Å². The molecule has 2 saturated carbocycles. The van der Waals surface area contributed by atoms with Gasteiger partial charge in [-0.25, -0.2) is 8.78 Å². The minimum absolute atomic E-state index is 0.210. The lowest BCUT2D eigenvalue weighted by Crippen LogP contribution is -2.24. The summed E-state index contributed by atoms with van der Waals surface area (Å²) in [5.74, 6) is -3.12. The van der Waals surface area contributed by atoms with Gasteiger partial charge in [-0.1, -0.05) is 6.07 Å². The molecule has 0 bridgehead atoms. The van der Waals surface area contributed by atoms with E-state index in [0.717, 1.165) is 23.7 Å². The third-order valence-electron chi connectivity index (χ3n) is 7.27. The molecule has 0 saturated heterocycles.